The summed E-state index contributed by atoms with van der Waals surface area (Å²) in [5.41, 5.74) is 0.981. The van der Waals surface area contributed by atoms with Gasteiger partial charge in [-0.05, 0) is 24.3 Å². The number of carboxylic acid groups (broad SMARTS) is 1. The lowest BCUT2D eigenvalue weighted by Crippen LogP contribution is -2.64. The van der Waals surface area contributed by atoms with E-state index >= 15 is 0 Å². The van der Waals surface area contributed by atoms with Gasteiger partial charge < -0.3 is 15.3 Å². The molecule has 0 bridgehead atoms. The molecule has 6 nitrogen and oxygen atoms in total. The van der Waals surface area contributed by atoms with Crippen LogP contribution in [0.4, 0.5) is 0 Å². The van der Waals surface area contributed by atoms with E-state index in [2.05, 4.69) is 19.2 Å². The minimum Gasteiger partial charge on any atom is -0.481 e. The van der Waals surface area contributed by atoms with E-state index in [0.717, 1.165) is 12.0 Å². The van der Waals surface area contributed by atoms with E-state index in [1.54, 1.807) is 4.90 Å². The van der Waals surface area contributed by atoms with Gasteiger partial charge in [-0.2, -0.15) is 0 Å². The average molecular weight is 346 g/mol. The molecular weight excluding hydrogens is 320 g/mol. The monoisotopic (exact) mass is 346 g/mol. The number of nitrogens with zero attached hydrogens (tertiary/aromatic N) is 1. The molecule has 1 saturated heterocycles. The van der Waals surface area contributed by atoms with Crippen molar-refractivity contribution in [2.75, 3.05) is 6.54 Å². The molecule has 136 valence electrons. The Hall–Kier alpha value is -2.37. The summed E-state index contributed by atoms with van der Waals surface area (Å²) in [5, 5.41) is 11.7. The van der Waals surface area contributed by atoms with Crippen LogP contribution in [0.15, 0.2) is 30.3 Å². The van der Waals surface area contributed by atoms with Gasteiger partial charge in [-0.1, -0.05) is 44.2 Å². The van der Waals surface area contributed by atoms with Gasteiger partial charge in [-0.25, -0.2) is 0 Å². The van der Waals surface area contributed by atoms with Crippen LogP contribution in [0.5, 0.6) is 0 Å². The van der Waals surface area contributed by atoms with Gasteiger partial charge in [0.2, 0.25) is 11.8 Å². The predicted molar refractivity (Wildman–Crippen MR) is 93.9 cm³/mol. The average Bonchev–Trinajstić information content (AvgIpc) is 2.56. The normalized spacial score (nSPS) is 20.7. The third kappa shape index (κ3) is 5.31. The van der Waals surface area contributed by atoms with Gasteiger partial charge in [0.15, 0.2) is 0 Å². The summed E-state index contributed by atoms with van der Waals surface area (Å²) in [5.74, 6) is -0.953. The number of benzene rings is 1. The molecule has 0 saturated carbocycles. The summed E-state index contributed by atoms with van der Waals surface area (Å²) in [6.45, 7) is 4.59. The van der Waals surface area contributed by atoms with E-state index < -0.39 is 18.1 Å². The molecule has 0 unspecified atom stereocenters. The van der Waals surface area contributed by atoms with Gasteiger partial charge in [-0.15, -0.1) is 0 Å². The maximum absolute atomic E-state index is 12.9. The molecular formula is C19H26N2O4. The first-order valence-electron chi connectivity index (χ1n) is 8.75. The number of carbonyl (C=O) groups is 3. The van der Waals surface area contributed by atoms with E-state index in [0.29, 0.717) is 18.9 Å². The molecule has 0 aliphatic carbocycles. The van der Waals surface area contributed by atoms with Crippen molar-refractivity contribution < 1.29 is 19.5 Å². The third-order valence-corrected chi connectivity index (χ3v) is 4.44. The maximum atomic E-state index is 12.9. The molecule has 1 aromatic carbocycles. The first kappa shape index (κ1) is 19.0. The molecule has 2 N–H and O–H groups in total. The number of amides is 2. The van der Waals surface area contributed by atoms with E-state index in [1.807, 2.05) is 30.3 Å². The summed E-state index contributed by atoms with van der Waals surface area (Å²) in [7, 11) is 0. The highest BCUT2D eigenvalue weighted by atomic mass is 16.4. The second kappa shape index (κ2) is 8.65. The minimum atomic E-state index is -0.963. The number of rotatable bonds is 8. The number of piperazine rings is 1. The van der Waals surface area contributed by atoms with Crippen molar-refractivity contribution in [2.24, 2.45) is 5.92 Å². The second-order valence-electron chi connectivity index (χ2n) is 6.91. The fourth-order valence-electron chi connectivity index (χ4n) is 3.02. The van der Waals surface area contributed by atoms with Gasteiger partial charge in [0.1, 0.15) is 12.1 Å². The highest BCUT2D eigenvalue weighted by molar-refractivity contribution is 5.97. The van der Waals surface area contributed by atoms with Crippen LogP contribution in [0.1, 0.15) is 38.7 Å². The molecule has 25 heavy (non-hydrogen) atoms. The summed E-state index contributed by atoms with van der Waals surface area (Å²) >= 11 is 0. The molecule has 2 amide bonds. The lowest BCUT2D eigenvalue weighted by Gasteiger charge is -2.39. The Morgan fingerprint density at radius 1 is 1.24 bits per heavy atom. The summed E-state index contributed by atoms with van der Waals surface area (Å²) in [4.78, 5) is 37.9. The van der Waals surface area contributed by atoms with Gasteiger partial charge in [-0.3, -0.25) is 14.4 Å². The molecule has 0 radical (unpaired) electrons. The van der Waals surface area contributed by atoms with Gasteiger partial charge in [0.25, 0.3) is 0 Å². The van der Waals surface area contributed by atoms with Crippen molar-refractivity contribution in [3.05, 3.63) is 35.9 Å². The molecule has 2 atom stereocenters. The number of nitrogens with one attached hydrogen (secondary N) is 1. The number of hydrogen-bond acceptors (Lipinski definition) is 3. The zero-order chi connectivity index (χ0) is 18.4. The molecule has 6 heteroatoms. The molecule has 1 aliphatic rings. The van der Waals surface area contributed by atoms with E-state index in [1.165, 1.54) is 0 Å². The summed E-state index contributed by atoms with van der Waals surface area (Å²) in [6.07, 6.45) is 1.23. The molecule has 0 aromatic heterocycles. The smallest absolute Gasteiger partial charge is 0.303 e. The number of carboxylic acids is 1. The highest BCUT2D eigenvalue weighted by Crippen LogP contribution is 2.19. The van der Waals surface area contributed by atoms with E-state index in [-0.39, 0.29) is 24.7 Å². The zero-order valence-electron chi connectivity index (χ0n) is 14.8. The zero-order valence-corrected chi connectivity index (χ0v) is 14.8. The lowest BCUT2D eigenvalue weighted by molar-refractivity contribution is -0.150. The van der Waals surface area contributed by atoms with Gasteiger partial charge >= 0.3 is 5.97 Å². The molecule has 0 spiro atoms. The Kier molecular flexibility index (Phi) is 6.56. The third-order valence-electron chi connectivity index (χ3n) is 4.44. The van der Waals surface area contributed by atoms with Crippen molar-refractivity contribution in [1.29, 1.82) is 0 Å². The van der Waals surface area contributed by atoms with Crippen molar-refractivity contribution in [2.45, 2.75) is 51.6 Å². The fraction of sp³-hybridized carbons (Fsp3) is 0.526. The van der Waals surface area contributed by atoms with Crippen molar-refractivity contribution in [3.8, 4) is 0 Å². The van der Waals surface area contributed by atoms with Crippen LogP contribution in [-0.4, -0.2) is 46.4 Å². The Morgan fingerprint density at radius 3 is 2.52 bits per heavy atom. The molecule has 1 heterocycles. The number of hydrogen-bond donors (Lipinski definition) is 2. The first-order valence-corrected chi connectivity index (χ1v) is 8.75. The molecule has 1 aliphatic heterocycles. The van der Waals surface area contributed by atoms with Gasteiger partial charge in [0.05, 0.1) is 0 Å². The van der Waals surface area contributed by atoms with Gasteiger partial charge in [0, 0.05) is 19.4 Å². The van der Waals surface area contributed by atoms with Crippen LogP contribution in [0.2, 0.25) is 0 Å². The Bertz CT molecular complexity index is 615. The maximum Gasteiger partial charge on any atom is 0.303 e. The topological polar surface area (TPSA) is 86.7 Å². The predicted octanol–water partition coefficient (Wildman–Crippen LogP) is 1.84. The molecule has 2 rings (SSSR count). The Labute approximate surface area is 148 Å². The van der Waals surface area contributed by atoms with Crippen molar-refractivity contribution in [1.82, 2.24) is 10.2 Å². The quantitative estimate of drug-likeness (QED) is 0.752. The number of carbonyl (C=O) groups excluding carboxylic acids is 2. The number of aliphatic carboxylic acids is 1. The largest absolute Gasteiger partial charge is 0.481 e. The summed E-state index contributed by atoms with van der Waals surface area (Å²) < 4.78 is 0. The highest BCUT2D eigenvalue weighted by Gasteiger charge is 2.40. The van der Waals surface area contributed by atoms with Crippen LogP contribution in [-0.2, 0) is 20.8 Å². The van der Waals surface area contributed by atoms with Crippen LogP contribution in [0.3, 0.4) is 0 Å². The Morgan fingerprint density at radius 2 is 1.92 bits per heavy atom. The van der Waals surface area contributed by atoms with E-state index in [9.17, 15) is 14.4 Å². The summed E-state index contributed by atoms with van der Waals surface area (Å²) in [6, 6.07) is 8.26. The standard InChI is InChI=1S/C19H26N2O4/c1-13(2)10-11-21-16(8-9-17(22)23)18(24)20-15(19(21)25)12-14-6-4-3-5-7-14/h3-7,13,15-16H,8-12H2,1-2H3,(H,20,24)(H,22,23)/t15-,16-/m1/s1. The van der Waals surface area contributed by atoms with Crippen molar-refractivity contribution in [3.63, 3.8) is 0 Å². The van der Waals surface area contributed by atoms with E-state index in [4.69, 9.17) is 5.11 Å². The lowest BCUT2D eigenvalue weighted by atomic mass is 9.97. The van der Waals surface area contributed by atoms with Crippen LogP contribution >= 0.6 is 0 Å². The molecule has 1 aromatic rings. The Balaban J connectivity index is 2.14. The van der Waals surface area contributed by atoms with Crippen LogP contribution in [0.25, 0.3) is 0 Å². The second-order valence-corrected chi connectivity index (χ2v) is 6.91. The SMILES string of the molecule is CC(C)CCN1C(=O)[C@@H](Cc2ccccc2)NC(=O)[C@H]1CCC(=O)O. The fourth-order valence-corrected chi connectivity index (χ4v) is 3.02. The first-order chi connectivity index (χ1) is 11.9. The minimum absolute atomic E-state index is 0.125. The van der Waals surface area contributed by atoms with Crippen LogP contribution < -0.4 is 5.32 Å². The van der Waals surface area contributed by atoms with Crippen LogP contribution in [0, 0.1) is 5.92 Å². The van der Waals surface area contributed by atoms with Crippen molar-refractivity contribution >= 4 is 17.8 Å². The molecule has 1 fully saturated rings.